The molecule has 0 radical (unpaired) electrons. The van der Waals surface area contributed by atoms with Crippen LogP contribution in [0.4, 0.5) is 0 Å². The van der Waals surface area contributed by atoms with Gasteiger partial charge in [0.15, 0.2) is 0 Å². The monoisotopic (exact) mass is 275 g/mol. The van der Waals surface area contributed by atoms with E-state index in [1.807, 2.05) is 31.2 Å². The number of nitrogens with zero attached hydrogens (tertiary/aromatic N) is 1. The molecule has 1 N–H and O–H groups in total. The summed E-state index contributed by atoms with van der Waals surface area (Å²) in [7, 11) is 0. The van der Waals surface area contributed by atoms with Gasteiger partial charge in [0.05, 0.1) is 5.69 Å². The number of carbonyl (C=O) groups is 1. The lowest BCUT2D eigenvalue weighted by molar-refractivity contribution is -0.138. The molecule has 1 atom stereocenters. The van der Waals surface area contributed by atoms with Gasteiger partial charge in [-0.05, 0) is 43.2 Å². The second kappa shape index (κ2) is 5.85. The number of hydrogen-bond acceptors (Lipinski definition) is 2. The van der Waals surface area contributed by atoms with Crippen molar-refractivity contribution in [3.63, 3.8) is 0 Å². The van der Waals surface area contributed by atoms with Gasteiger partial charge < -0.3 is 5.11 Å². The van der Waals surface area contributed by atoms with Crippen LogP contribution in [0.3, 0.4) is 0 Å². The van der Waals surface area contributed by atoms with Crippen molar-refractivity contribution in [2.24, 2.45) is 0 Å². The van der Waals surface area contributed by atoms with Gasteiger partial charge in [0.1, 0.15) is 5.92 Å². The molecule has 0 saturated heterocycles. The van der Waals surface area contributed by atoms with E-state index in [-0.39, 0.29) is 0 Å². The number of hydrogen-bond donors (Lipinski definition) is 1. The van der Waals surface area contributed by atoms with Crippen LogP contribution < -0.4 is 0 Å². The number of carboxylic acids is 1. The molecule has 0 aliphatic carbocycles. The third kappa shape index (κ3) is 3.55. The summed E-state index contributed by atoms with van der Waals surface area (Å²) in [5, 5.41) is 9.99. The zero-order chi connectivity index (χ0) is 13.8. The second-order valence-electron chi connectivity index (χ2n) is 4.43. The van der Waals surface area contributed by atoms with E-state index >= 15 is 0 Å². The average molecular weight is 276 g/mol. The molecule has 0 spiro atoms. The first kappa shape index (κ1) is 13.6. The van der Waals surface area contributed by atoms with Crippen molar-refractivity contribution >= 4 is 17.6 Å². The Morgan fingerprint density at radius 2 is 2.05 bits per heavy atom. The molecule has 98 valence electrons. The Hall–Kier alpha value is -1.87. The summed E-state index contributed by atoms with van der Waals surface area (Å²) >= 11 is 5.92. The maximum Gasteiger partial charge on any atom is 0.312 e. The fourth-order valence-corrected chi connectivity index (χ4v) is 2.19. The van der Waals surface area contributed by atoms with Crippen LogP contribution in [0.5, 0.6) is 0 Å². The lowest BCUT2D eigenvalue weighted by Gasteiger charge is -2.12. The minimum Gasteiger partial charge on any atom is -0.481 e. The number of aromatic nitrogens is 1. The van der Waals surface area contributed by atoms with Crippen molar-refractivity contribution in [2.75, 3.05) is 0 Å². The molecule has 1 aromatic heterocycles. The molecule has 19 heavy (non-hydrogen) atoms. The quantitative estimate of drug-likeness (QED) is 0.930. The fourth-order valence-electron chi connectivity index (χ4n) is 1.98. The van der Waals surface area contributed by atoms with Crippen LogP contribution in [0.15, 0.2) is 42.5 Å². The molecule has 1 aromatic carbocycles. The summed E-state index contributed by atoms with van der Waals surface area (Å²) in [6.07, 6.45) is 0.381. The largest absolute Gasteiger partial charge is 0.481 e. The minimum atomic E-state index is -0.877. The Morgan fingerprint density at radius 1 is 1.32 bits per heavy atom. The Morgan fingerprint density at radius 3 is 2.68 bits per heavy atom. The van der Waals surface area contributed by atoms with Gasteiger partial charge in [-0.1, -0.05) is 29.8 Å². The van der Waals surface area contributed by atoms with Gasteiger partial charge in [0, 0.05) is 10.7 Å². The molecule has 4 heteroatoms. The van der Waals surface area contributed by atoms with Crippen LogP contribution in [-0.2, 0) is 11.2 Å². The van der Waals surface area contributed by atoms with Crippen molar-refractivity contribution in [1.82, 2.24) is 4.98 Å². The first-order chi connectivity index (χ1) is 9.06. The Bertz CT molecular complexity index is 598. The van der Waals surface area contributed by atoms with Gasteiger partial charge in [0.25, 0.3) is 0 Å². The minimum absolute atomic E-state index is 0.381. The molecule has 0 amide bonds. The van der Waals surface area contributed by atoms with E-state index in [0.717, 1.165) is 11.3 Å². The molecule has 0 fully saturated rings. The van der Waals surface area contributed by atoms with Gasteiger partial charge in [-0.15, -0.1) is 0 Å². The molecule has 0 bridgehead atoms. The standard InChI is InChI=1S/C15H14ClNO2/c1-10-4-2-7-14(17-10)13(15(18)19)9-11-5-3-6-12(16)8-11/h2-8,13H,9H2,1H3,(H,18,19). The van der Waals surface area contributed by atoms with Gasteiger partial charge in [-0.25, -0.2) is 0 Å². The highest BCUT2D eigenvalue weighted by atomic mass is 35.5. The smallest absolute Gasteiger partial charge is 0.312 e. The summed E-state index contributed by atoms with van der Waals surface area (Å²) < 4.78 is 0. The van der Waals surface area contributed by atoms with Crippen LogP contribution in [0.1, 0.15) is 22.9 Å². The summed E-state index contributed by atoms with van der Waals surface area (Å²) in [6, 6.07) is 12.7. The molecule has 1 unspecified atom stereocenters. The second-order valence-corrected chi connectivity index (χ2v) is 4.87. The number of aryl methyl sites for hydroxylation is 1. The number of benzene rings is 1. The van der Waals surface area contributed by atoms with E-state index in [0.29, 0.717) is 17.1 Å². The van der Waals surface area contributed by atoms with Gasteiger partial charge >= 0.3 is 5.97 Å². The Balaban J connectivity index is 2.29. The molecule has 0 saturated carbocycles. The molecule has 3 nitrogen and oxygen atoms in total. The van der Waals surface area contributed by atoms with Crippen molar-refractivity contribution in [3.8, 4) is 0 Å². The normalized spacial score (nSPS) is 12.1. The maximum atomic E-state index is 11.4. The van der Waals surface area contributed by atoms with Crippen LogP contribution >= 0.6 is 11.6 Å². The lowest BCUT2D eigenvalue weighted by atomic mass is 9.95. The number of rotatable bonds is 4. The number of pyridine rings is 1. The van der Waals surface area contributed by atoms with Crippen LogP contribution in [0, 0.1) is 6.92 Å². The summed E-state index contributed by atoms with van der Waals surface area (Å²) in [4.78, 5) is 15.7. The first-order valence-corrected chi connectivity index (χ1v) is 6.35. The van der Waals surface area contributed by atoms with E-state index in [1.165, 1.54) is 0 Å². The highest BCUT2D eigenvalue weighted by molar-refractivity contribution is 6.30. The topological polar surface area (TPSA) is 50.2 Å². The molecule has 1 heterocycles. The van der Waals surface area contributed by atoms with Crippen LogP contribution in [0.2, 0.25) is 5.02 Å². The highest BCUT2D eigenvalue weighted by Crippen LogP contribution is 2.21. The average Bonchev–Trinajstić information content (AvgIpc) is 2.35. The van der Waals surface area contributed by atoms with Crippen molar-refractivity contribution in [1.29, 1.82) is 0 Å². The first-order valence-electron chi connectivity index (χ1n) is 5.97. The molecular weight excluding hydrogens is 262 g/mol. The predicted octanol–water partition coefficient (Wildman–Crippen LogP) is 3.45. The predicted molar refractivity (Wildman–Crippen MR) is 74.5 cm³/mol. The fraction of sp³-hybridized carbons (Fsp3) is 0.200. The third-order valence-corrected chi connectivity index (χ3v) is 3.13. The summed E-state index contributed by atoms with van der Waals surface area (Å²) in [5.41, 5.74) is 2.28. The Labute approximate surface area is 116 Å². The van der Waals surface area contributed by atoms with Gasteiger partial charge in [0.2, 0.25) is 0 Å². The van der Waals surface area contributed by atoms with E-state index in [9.17, 15) is 9.90 Å². The molecular formula is C15H14ClNO2. The van der Waals surface area contributed by atoms with Crippen LogP contribution in [-0.4, -0.2) is 16.1 Å². The summed E-state index contributed by atoms with van der Waals surface area (Å²) in [6.45, 7) is 1.85. The molecule has 0 aliphatic heterocycles. The van der Waals surface area contributed by atoms with E-state index in [2.05, 4.69) is 4.98 Å². The molecule has 2 rings (SSSR count). The summed E-state index contributed by atoms with van der Waals surface area (Å²) in [5.74, 6) is -1.53. The molecule has 2 aromatic rings. The highest BCUT2D eigenvalue weighted by Gasteiger charge is 2.21. The van der Waals surface area contributed by atoms with Gasteiger partial charge in [-0.3, -0.25) is 9.78 Å². The Kier molecular flexibility index (Phi) is 4.17. The zero-order valence-electron chi connectivity index (χ0n) is 10.5. The number of carboxylic acid groups (broad SMARTS) is 1. The van der Waals surface area contributed by atoms with Crippen molar-refractivity contribution < 1.29 is 9.90 Å². The van der Waals surface area contributed by atoms with Crippen LogP contribution in [0.25, 0.3) is 0 Å². The van der Waals surface area contributed by atoms with E-state index < -0.39 is 11.9 Å². The number of aliphatic carboxylic acids is 1. The maximum absolute atomic E-state index is 11.4. The number of halogens is 1. The molecule has 0 aliphatic rings. The SMILES string of the molecule is Cc1cccc(C(Cc2cccc(Cl)c2)C(=O)O)n1. The van der Waals surface area contributed by atoms with Crippen molar-refractivity contribution in [2.45, 2.75) is 19.3 Å². The zero-order valence-corrected chi connectivity index (χ0v) is 11.3. The van der Waals surface area contributed by atoms with E-state index in [4.69, 9.17) is 11.6 Å². The van der Waals surface area contributed by atoms with E-state index in [1.54, 1.807) is 18.2 Å². The van der Waals surface area contributed by atoms with Crippen molar-refractivity contribution in [3.05, 3.63) is 64.4 Å². The third-order valence-electron chi connectivity index (χ3n) is 2.89. The lowest BCUT2D eigenvalue weighted by Crippen LogP contribution is -2.16. The van der Waals surface area contributed by atoms with Gasteiger partial charge in [-0.2, -0.15) is 0 Å².